The Bertz CT molecular complexity index is 407. The van der Waals surface area contributed by atoms with Gasteiger partial charge in [0.05, 0.1) is 6.42 Å². The Morgan fingerprint density at radius 2 is 2.06 bits per heavy atom. The Morgan fingerprint density at radius 3 is 2.56 bits per heavy atom. The van der Waals surface area contributed by atoms with Gasteiger partial charge in [-0.3, -0.25) is 4.79 Å². The van der Waals surface area contributed by atoms with Crippen LogP contribution < -0.4 is 5.32 Å². The average molecular weight is 249 g/mol. The Morgan fingerprint density at radius 1 is 1.39 bits per heavy atom. The second-order valence-electron chi connectivity index (χ2n) is 5.81. The number of carboxylic acid groups (broad SMARTS) is 1. The van der Waals surface area contributed by atoms with Crippen LogP contribution in [0.5, 0.6) is 0 Å². The zero-order valence-corrected chi connectivity index (χ0v) is 11.7. The quantitative estimate of drug-likeness (QED) is 0.842. The van der Waals surface area contributed by atoms with Gasteiger partial charge in [-0.25, -0.2) is 0 Å². The standard InChI is InChI=1S/C15H23NO2/c1-11-6-5-7-12(10-11)14(15(2,3)4)16-9-8-13(17)18/h5-7,10,14,16H,8-9H2,1-4H3,(H,17,18). The summed E-state index contributed by atoms with van der Waals surface area (Å²) >= 11 is 0. The molecule has 0 radical (unpaired) electrons. The second kappa shape index (κ2) is 6.01. The van der Waals surface area contributed by atoms with Gasteiger partial charge in [0.2, 0.25) is 0 Å². The minimum absolute atomic E-state index is 0.0479. The molecule has 1 aromatic rings. The van der Waals surface area contributed by atoms with Gasteiger partial charge in [-0.1, -0.05) is 50.6 Å². The van der Waals surface area contributed by atoms with Gasteiger partial charge >= 0.3 is 5.97 Å². The molecule has 100 valence electrons. The first kappa shape index (κ1) is 14.7. The molecule has 0 aliphatic rings. The molecule has 0 aromatic heterocycles. The van der Waals surface area contributed by atoms with Crippen molar-refractivity contribution in [3.8, 4) is 0 Å². The fourth-order valence-corrected chi connectivity index (χ4v) is 2.10. The summed E-state index contributed by atoms with van der Waals surface area (Å²) in [6.45, 7) is 9.04. The van der Waals surface area contributed by atoms with Gasteiger partial charge in [0.25, 0.3) is 0 Å². The van der Waals surface area contributed by atoms with Crippen molar-refractivity contribution < 1.29 is 9.90 Å². The molecule has 0 saturated heterocycles. The molecule has 1 aromatic carbocycles. The molecule has 1 atom stereocenters. The summed E-state index contributed by atoms with van der Waals surface area (Å²) in [5.41, 5.74) is 2.49. The van der Waals surface area contributed by atoms with Crippen LogP contribution in [0.1, 0.15) is 44.4 Å². The Hall–Kier alpha value is -1.35. The number of carboxylic acids is 1. The number of nitrogens with one attached hydrogen (secondary N) is 1. The van der Waals surface area contributed by atoms with Gasteiger partial charge in [0, 0.05) is 12.6 Å². The molecule has 0 fully saturated rings. The summed E-state index contributed by atoms with van der Waals surface area (Å²) in [4.78, 5) is 10.6. The van der Waals surface area contributed by atoms with Gasteiger partial charge in [0.15, 0.2) is 0 Å². The smallest absolute Gasteiger partial charge is 0.304 e. The van der Waals surface area contributed by atoms with E-state index in [4.69, 9.17) is 5.11 Å². The molecule has 18 heavy (non-hydrogen) atoms. The van der Waals surface area contributed by atoms with Gasteiger partial charge in [-0.15, -0.1) is 0 Å². The number of rotatable bonds is 5. The number of carbonyl (C=O) groups is 1. The van der Waals surface area contributed by atoms with E-state index in [0.717, 1.165) is 0 Å². The summed E-state index contributed by atoms with van der Waals surface area (Å²) < 4.78 is 0. The maximum atomic E-state index is 10.6. The van der Waals surface area contributed by atoms with Crippen LogP contribution in [0.4, 0.5) is 0 Å². The summed E-state index contributed by atoms with van der Waals surface area (Å²) in [7, 11) is 0. The van der Waals surface area contributed by atoms with Crippen molar-refractivity contribution in [1.82, 2.24) is 5.32 Å². The molecule has 3 heteroatoms. The molecule has 0 amide bonds. The molecule has 0 heterocycles. The molecule has 2 N–H and O–H groups in total. The zero-order chi connectivity index (χ0) is 13.8. The van der Waals surface area contributed by atoms with Crippen molar-refractivity contribution in [2.75, 3.05) is 6.54 Å². The number of aliphatic carboxylic acids is 1. The Kier molecular flexibility index (Phi) is 4.91. The normalized spacial score (nSPS) is 13.3. The third kappa shape index (κ3) is 4.49. The Balaban J connectivity index is 2.82. The second-order valence-corrected chi connectivity index (χ2v) is 5.81. The van der Waals surface area contributed by atoms with E-state index in [1.54, 1.807) is 0 Å². The highest BCUT2D eigenvalue weighted by Gasteiger charge is 2.25. The maximum Gasteiger partial charge on any atom is 0.304 e. The van der Waals surface area contributed by atoms with Crippen LogP contribution in [0.2, 0.25) is 0 Å². The molecule has 0 aliphatic heterocycles. The molecule has 0 spiro atoms. The molecule has 1 unspecified atom stereocenters. The highest BCUT2D eigenvalue weighted by atomic mass is 16.4. The lowest BCUT2D eigenvalue weighted by molar-refractivity contribution is -0.136. The predicted octanol–water partition coefficient (Wildman–Crippen LogP) is 3.15. The molecule has 1 rings (SSSR count). The van der Waals surface area contributed by atoms with Crippen LogP contribution in [0.25, 0.3) is 0 Å². The zero-order valence-electron chi connectivity index (χ0n) is 11.7. The van der Waals surface area contributed by atoms with E-state index >= 15 is 0 Å². The summed E-state index contributed by atoms with van der Waals surface area (Å²) in [6, 6.07) is 8.53. The summed E-state index contributed by atoms with van der Waals surface area (Å²) in [5, 5.41) is 12.1. The first-order valence-corrected chi connectivity index (χ1v) is 6.32. The van der Waals surface area contributed by atoms with Crippen LogP contribution in [-0.4, -0.2) is 17.6 Å². The topological polar surface area (TPSA) is 49.3 Å². The number of hydrogen-bond acceptors (Lipinski definition) is 2. The van der Waals surface area contributed by atoms with Crippen LogP contribution in [0, 0.1) is 12.3 Å². The molecule has 0 aliphatic carbocycles. The average Bonchev–Trinajstić information content (AvgIpc) is 2.22. The Labute approximate surface area is 109 Å². The number of hydrogen-bond donors (Lipinski definition) is 2. The lowest BCUT2D eigenvalue weighted by Crippen LogP contribution is -2.33. The van der Waals surface area contributed by atoms with Crippen molar-refractivity contribution in [3.05, 3.63) is 35.4 Å². The van der Waals surface area contributed by atoms with Crippen molar-refractivity contribution in [2.24, 2.45) is 5.41 Å². The first-order valence-electron chi connectivity index (χ1n) is 6.32. The summed E-state index contributed by atoms with van der Waals surface area (Å²) in [5.74, 6) is -0.764. The van der Waals surface area contributed by atoms with Crippen LogP contribution >= 0.6 is 0 Å². The third-order valence-corrected chi connectivity index (χ3v) is 2.93. The van der Waals surface area contributed by atoms with Crippen molar-refractivity contribution in [1.29, 1.82) is 0 Å². The van der Waals surface area contributed by atoms with Crippen molar-refractivity contribution in [2.45, 2.75) is 40.2 Å². The van der Waals surface area contributed by atoms with Crippen LogP contribution in [-0.2, 0) is 4.79 Å². The molecule has 3 nitrogen and oxygen atoms in total. The van der Waals surface area contributed by atoms with Crippen molar-refractivity contribution >= 4 is 5.97 Å². The van der Waals surface area contributed by atoms with E-state index in [9.17, 15) is 4.79 Å². The molecule has 0 saturated carbocycles. The minimum atomic E-state index is -0.764. The minimum Gasteiger partial charge on any atom is -0.481 e. The highest BCUT2D eigenvalue weighted by molar-refractivity contribution is 5.66. The van der Waals surface area contributed by atoms with E-state index in [1.165, 1.54) is 11.1 Å². The fraction of sp³-hybridized carbons (Fsp3) is 0.533. The van der Waals surface area contributed by atoms with E-state index in [0.29, 0.717) is 6.54 Å². The maximum absolute atomic E-state index is 10.6. The van der Waals surface area contributed by atoms with Crippen molar-refractivity contribution in [3.63, 3.8) is 0 Å². The predicted molar refractivity (Wildman–Crippen MR) is 73.6 cm³/mol. The van der Waals surface area contributed by atoms with Gasteiger partial charge in [0.1, 0.15) is 0 Å². The highest BCUT2D eigenvalue weighted by Crippen LogP contribution is 2.32. The van der Waals surface area contributed by atoms with E-state index in [2.05, 4.69) is 51.2 Å². The largest absolute Gasteiger partial charge is 0.481 e. The van der Waals surface area contributed by atoms with Crippen LogP contribution in [0.3, 0.4) is 0 Å². The van der Waals surface area contributed by atoms with Gasteiger partial charge in [-0.2, -0.15) is 0 Å². The SMILES string of the molecule is Cc1cccc(C(NCCC(=O)O)C(C)(C)C)c1. The van der Waals surface area contributed by atoms with Crippen LogP contribution in [0.15, 0.2) is 24.3 Å². The third-order valence-electron chi connectivity index (χ3n) is 2.93. The lowest BCUT2D eigenvalue weighted by Gasteiger charge is -2.32. The molecular weight excluding hydrogens is 226 g/mol. The lowest BCUT2D eigenvalue weighted by atomic mass is 9.82. The number of benzene rings is 1. The van der Waals surface area contributed by atoms with E-state index in [1.807, 2.05) is 6.07 Å². The monoisotopic (exact) mass is 249 g/mol. The van der Waals surface area contributed by atoms with E-state index in [-0.39, 0.29) is 17.9 Å². The number of aryl methyl sites for hydroxylation is 1. The fourth-order valence-electron chi connectivity index (χ4n) is 2.10. The van der Waals surface area contributed by atoms with Gasteiger partial charge in [-0.05, 0) is 17.9 Å². The van der Waals surface area contributed by atoms with E-state index < -0.39 is 5.97 Å². The van der Waals surface area contributed by atoms with Gasteiger partial charge < -0.3 is 10.4 Å². The molecule has 0 bridgehead atoms. The summed E-state index contributed by atoms with van der Waals surface area (Å²) in [6.07, 6.45) is 0.151. The first-order chi connectivity index (χ1) is 8.30. The molecular formula is C15H23NO2.